The minimum atomic E-state index is 0.150. The first-order valence-electron chi connectivity index (χ1n) is 9.18. The number of anilines is 2. The highest BCUT2D eigenvalue weighted by Gasteiger charge is 2.20. The number of nitrogens with zero attached hydrogens (tertiary/aromatic N) is 3. The van der Waals surface area contributed by atoms with Gasteiger partial charge in [0.15, 0.2) is 0 Å². The van der Waals surface area contributed by atoms with Gasteiger partial charge in [-0.1, -0.05) is 25.2 Å². The van der Waals surface area contributed by atoms with E-state index in [0.717, 1.165) is 26.1 Å². The normalized spacial score (nSPS) is 10.9. The molecule has 0 saturated carbocycles. The van der Waals surface area contributed by atoms with Gasteiger partial charge >= 0.3 is 0 Å². The smallest absolute Gasteiger partial charge is 0.132 e. The summed E-state index contributed by atoms with van der Waals surface area (Å²) < 4.78 is 1.15. The zero-order valence-electron chi connectivity index (χ0n) is 16.5. The summed E-state index contributed by atoms with van der Waals surface area (Å²) in [6, 6.07) is 12.1. The molecule has 0 atom stereocenters. The summed E-state index contributed by atoms with van der Waals surface area (Å²) in [7, 11) is 1.60. The highest BCUT2D eigenvalue weighted by Crippen LogP contribution is 2.40. The van der Waals surface area contributed by atoms with Gasteiger partial charge in [0, 0.05) is 50.1 Å². The summed E-state index contributed by atoms with van der Waals surface area (Å²) >= 11 is 1.62. The topological polar surface area (TPSA) is 140 Å². The van der Waals surface area contributed by atoms with Crippen LogP contribution in [0.15, 0.2) is 42.7 Å². The first-order valence-corrected chi connectivity index (χ1v) is 10.00. The second-order valence-electron chi connectivity index (χ2n) is 6.77. The van der Waals surface area contributed by atoms with Crippen molar-refractivity contribution in [1.82, 2.24) is 9.97 Å². The third-order valence-electron chi connectivity index (χ3n) is 5.10. The molecule has 8 heteroatoms. The Balaban J connectivity index is 1.96. The molecule has 2 aromatic heterocycles. The Morgan fingerprint density at radius 1 is 1.17 bits per heavy atom. The van der Waals surface area contributed by atoms with Crippen LogP contribution >= 0.6 is 11.3 Å². The standard InChI is InChI=1S/C22H20N7S/c1-11-13(20(25)18-21(26)28-10-29-22(18)27-2)8-14(19(24)15(11)9-23)17-7-12-5-3-4-6-16(12)30-17/h3-10,23,25H,24H2,1-2H3,(H2-,26,27,28,29)/q-1. The monoisotopic (exact) mass is 414 g/mol. The van der Waals surface area contributed by atoms with E-state index in [1.165, 1.54) is 12.5 Å². The van der Waals surface area contributed by atoms with Crippen LogP contribution < -0.4 is 11.5 Å². The van der Waals surface area contributed by atoms with Crippen LogP contribution in [0, 0.1) is 17.7 Å². The van der Waals surface area contributed by atoms with Gasteiger partial charge in [-0.2, -0.15) is 0 Å². The summed E-state index contributed by atoms with van der Waals surface area (Å²) in [4.78, 5) is 9.15. The Labute approximate surface area is 177 Å². The van der Waals surface area contributed by atoms with Crippen molar-refractivity contribution in [3.05, 3.63) is 70.3 Å². The maximum atomic E-state index is 8.87. The molecule has 0 amide bonds. The third kappa shape index (κ3) is 3.07. The van der Waals surface area contributed by atoms with Crippen molar-refractivity contribution in [2.75, 3.05) is 18.5 Å². The average Bonchev–Trinajstić information content (AvgIpc) is 3.17. The molecular formula is C22H20N7S-. The largest absolute Gasteiger partial charge is 0.468 e. The molecule has 0 saturated heterocycles. The van der Waals surface area contributed by atoms with E-state index in [4.69, 9.17) is 22.3 Å². The second kappa shape index (κ2) is 7.57. The van der Waals surface area contributed by atoms with Crippen LogP contribution in [0.1, 0.15) is 22.3 Å². The minimum Gasteiger partial charge on any atom is -0.468 e. The van der Waals surface area contributed by atoms with Crippen LogP contribution in [0.4, 0.5) is 17.3 Å². The molecule has 150 valence electrons. The SMILES string of the molecule is C[N-]c1ncnc(N)c1C(=N)c1cc(-c2cc3ccccc3s2)c(N)c(C=N)c1C. The first kappa shape index (κ1) is 19.5. The molecule has 0 aliphatic carbocycles. The van der Waals surface area contributed by atoms with Gasteiger partial charge in [0.25, 0.3) is 0 Å². The van der Waals surface area contributed by atoms with E-state index >= 15 is 0 Å². The second-order valence-corrected chi connectivity index (χ2v) is 7.86. The van der Waals surface area contributed by atoms with Crippen LogP contribution in [-0.2, 0) is 0 Å². The Morgan fingerprint density at radius 2 is 1.93 bits per heavy atom. The van der Waals surface area contributed by atoms with Crippen LogP contribution in [-0.4, -0.2) is 28.9 Å². The lowest BCUT2D eigenvalue weighted by molar-refractivity contribution is 1.17. The molecule has 7 nitrogen and oxygen atoms in total. The maximum absolute atomic E-state index is 8.87. The number of thiophene rings is 1. The summed E-state index contributed by atoms with van der Waals surface area (Å²) in [5.41, 5.74) is 16.3. The number of nitrogens with two attached hydrogens (primary N) is 2. The minimum absolute atomic E-state index is 0.150. The summed E-state index contributed by atoms with van der Waals surface area (Å²) in [6.07, 6.45) is 2.56. The predicted molar refractivity (Wildman–Crippen MR) is 126 cm³/mol. The molecule has 0 spiro atoms. The molecule has 0 bridgehead atoms. The lowest BCUT2D eigenvalue weighted by atomic mass is 9.91. The molecule has 0 unspecified atom stereocenters. The van der Waals surface area contributed by atoms with Crippen molar-refractivity contribution in [3.8, 4) is 10.4 Å². The fourth-order valence-corrected chi connectivity index (χ4v) is 4.61. The van der Waals surface area contributed by atoms with Gasteiger partial charge in [0.2, 0.25) is 0 Å². The van der Waals surface area contributed by atoms with E-state index in [2.05, 4.69) is 33.5 Å². The summed E-state index contributed by atoms with van der Waals surface area (Å²) in [5, 5.41) is 22.0. The lowest BCUT2D eigenvalue weighted by Crippen LogP contribution is -2.12. The molecule has 4 aromatic rings. The first-order chi connectivity index (χ1) is 14.5. The molecule has 0 aliphatic heterocycles. The van der Waals surface area contributed by atoms with Crippen LogP contribution in [0.3, 0.4) is 0 Å². The van der Waals surface area contributed by atoms with Crippen molar-refractivity contribution in [2.45, 2.75) is 6.92 Å². The zero-order valence-corrected chi connectivity index (χ0v) is 17.3. The number of nitrogens with one attached hydrogen (secondary N) is 2. The Bertz CT molecular complexity index is 1270. The van der Waals surface area contributed by atoms with Gasteiger partial charge < -0.3 is 27.2 Å². The van der Waals surface area contributed by atoms with Gasteiger partial charge in [-0.05, 0) is 41.9 Å². The molecule has 0 fully saturated rings. The van der Waals surface area contributed by atoms with E-state index in [1.54, 1.807) is 18.4 Å². The molecule has 4 rings (SSSR count). The molecule has 0 radical (unpaired) electrons. The predicted octanol–water partition coefficient (Wildman–Crippen LogP) is 4.88. The van der Waals surface area contributed by atoms with Crippen molar-refractivity contribution < 1.29 is 0 Å². The van der Waals surface area contributed by atoms with E-state index in [-0.39, 0.29) is 11.5 Å². The Kier molecular flexibility index (Phi) is 4.93. The number of hydrogen-bond donors (Lipinski definition) is 4. The highest BCUT2D eigenvalue weighted by molar-refractivity contribution is 7.22. The van der Waals surface area contributed by atoms with Crippen LogP contribution in [0.5, 0.6) is 0 Å². The zero-order chi connectivity index (χ0) is 21.4. The highest BCUT2D eigenvalue weighted by atomic mass is 32.1. The number of nitrogen functional groups attached to an aromatic ring is 2. The van der Waals surface area contributed by atoms with E-state index in [1.807, 2.05) is 25.1 Å². The van der Waals surface area contributed by atoms with E-state index in [0.29, 0.717) is 28.2 Å². The quantitative estimate of drug-likeness (QED) is 0.273. The summed E-state index contributed by atoms with van der Waals surface area (Å²) in [5.74, 6) is 0.537. The summed E-state index contributed by atoms with van der Waals surface area (Å²) in [6.45, 7) is 1.85. The van der Waals surface area contributed by atoms with Gasteiger partial charge in [0.05, 0.1) is 5.71 Å². The fraction of sp³-hybridized carbons (Fsp3) is 0.0909. The maximum Gasteiger partial charge on any atom is 0.132 e. The number of hydrogen-bond acceptors (Lipinski definition) is 7. The van der Waals surface area contributed by atoms with Crippen molar-refractivity contribution in [2.24, 2.45) is 0 Å². The molecule has 6 N–H and O–H groups in total. The number of aromatic nitrogens is 2. The van der Waals surface area contributed by atoms with Gasteiger partial charge in [-0.25, -0.2) is 4.98 Å². The van der Waals surface area contributed by atoms with Gasteiger partial charge in [-0.15, -0.1) is 11.3 Å². The average molecular weight is 415 g/mol. The molecule has 30 heavy (non-hydrogen) atoms. The van der Waals surface area contributed by atoms with E-state index < -0.39 is 0 Å². The van der Waals surface area contributed by atoms with Gasteiger partial charge in [-0.3, -0.25) is 5.41 Å². The molecule has 2 aromatic carbocycles. The van der Waals surface area contributed by atoms with Crippen molar-refractivity contribution in [3.63, 3.8) is 0 Å². The third-order valence-corrected chi connectivity index (χ3v) is 6.25. The molecular weight excluding hydrogens is 394 g/mol. The molecule has 0 aliphatic rings. The number of fused-ring (bicyclic) bond motifs is 1. The van der Waals surface area contributed by atoms with E-state index in [9.17, 15) is 0 Å². The Hall–Kier alpha value is -3.78. The number of benzene rings is 2. The van der Waals surface area contributed by atoms with Crippen molar-refractivity contribution in [1.29, 1.82) is 10.8 Å². The Morgan fingerprint density at radius 3 is 2.63 bits per heavy atom. The van der Waals surface area contributed by atoms with Crippen LogP contribution in [0.2, 0.25) is 0 Å². The fourth-order valence-electron chi connectivity index (χ4n) is 3.52. The van der Waals surface area contributed by atoms with Crippen molar-refractivity contribution >= 4 is 50.7 Å². The van der Waals surface area contributed by atoms with Crippen LogP contribution in [0.25, 0.3) is 25.8 Å². The van der Waals surface area contributed by atoms with Gasteiger partial charge in [0.1, 0.15) is 5.82 Å². The molecule has 2 heterocycles. The lowest BCUT2D eigenvalue weighted by Gasteiger charge is -2.21. The number of rotatable bonds is 5.